The second-order valence-corrected chi connectivity index (χ2v) is 17.5. The fourth-order valence-electron chi connectivity index (χ4n) is 4.13. The van der Waals surface area contributed by atoms with E-state index in [4.69, 9.17) is 14.5 Å². The SMILES string of the molecule is CC(C=O)N(NCCOc1cc(Nc2ncc3cc(C#C[Si](C)(C)C)ccc3n2)cc(-c2cnn(C)c2)c1)C(=O)OC(C)(C)C. The summed E-state index contributed by atoms with van der Waals surface area (Å²) >= 11 is 0. The second-order valence-electron chi connectivity index (χ2n) is 12.7. The molecular weight excluding hydrogens is 586 g/mol. The van der Waals surface area contributed by atoms with Gasteiger partial charge >= 0.3 is 6.09 Å². The number of hydrogen-bond donors (Lipinski definition) is 2. The molecule has 236 valence electrons. The van der Waals surface area contributed by atoms with Gasteiger partial charge in [-0.3, -0.25) is 4.68 Å². The first-order valence-electron chi connectivity index (χ1n) is 14.7. The molecule has 45 heavy (non-hydrogen) atoms. The lowest BCUT2D eigenvalue weighted by molar-refractivity contribution is -0.113. The van der Waals surface area contributed by atoms with Gasteiger partial charge in [-0.25, -0.2) is 25.2 Å². The minimum absolute atomic E-state index is 0.205. The Labute approximate surface area is 265 Å². The van der Waals surface area contributed by atoms with Crippen LogP contribution in [0.1, 0.15) is 33.3 Å². The van der Waals surface area contributed by atoms with Gasteiger partial charge < -0.3 is 19.6 Å². The topological polar surface area (TPSA) is 124 Å². The van der Waals surface area contributed by atoms with Crippen molar-refractivity contribution >= 4 is 43.0 Å². The zero-order valence-corrected chi connectivity index (χ0v) is 28.1. The molecule has 2 aromatic heterocycles. The summed E-state index contributed by atoms with van der Waals surface area (Å²) in [5, 5.41) is 9.68. The number of anilines is 2. The molecule has 1 unspecified atom stereocenters. The number of hydrazine groups is 1. The second kappa shape index (κ2) is 13.9. The summed E-state index contributed by atoms with van der Waals surface area (Å²) in [4.78, 5) is 33.3. The molecular formula is C33H41N7O4Si. The third kappa shape index (κ3) is 9.89. The molecule has 0 aliphatic heterocycles. The number of aromatic nitrogens is 4. The maximum atomic E-state index is 12.6. The lowest BCUT2D eigenvalue weighted by atomic mass is 10.1. The average molecular weight is 628 g/mol. The third-order valence-electron chi connectivity index (χ3n) is 6.21. The lowest BCUT2D eigenvalue weighted by Crippen LogP contribution is -2.52. The third-order valence-corrected chi connectivity index (χ3v) is 7.08. The Hall–Kier alpha value is -4.73. The smallest absolute Gasteiger partial charge is 0.425 e. The highest BCUT2D eigenvalue weighted by atomic mass is 28.3. The van der Waals surface area contributed by atoms with Crippen LogP contribution in [-0.4, -0.2) is 70.0 Å². The number of aldehydes is 1. The van der Waals surface area contributed by atoms with Crippen LogP contribution in [0, 0.1) is 11.5 Å². The molecule has 0 saturated carbocycles. The van der Waals surface area contributed by atoms with E-state index in [-0.39, 0.29) is 13.2 Å². The number of fused-ring (bicyclic) bond motifs is 1. The van der Waals surface area contributed by atoms with Crippen LogP contribution in [-0.2, 0) is 16.6 Å². The molecule has 0 aliphatic rings. The number of ether oxygens (including phenoxy) is 2. The van der Waals surface area contributed by atoms with Gasteiger partial charge in [0, 0.05) is 54.3 Å². The van der Waals surface area contributed by atoms with Crippen LogP contribution >= 0.6 is 0 Å². The van der Waals surface area contributed by atoms with Crippen LogP contribution in [0.25, 0.3) is 22.0 Å². The van der Waals surface area contributed by atoms with Crippen molar-refractivity contribution in [2.45, 2.75) is 59.0 Å². The van der Waals surface area contributed by atoms with E-state index in [0.29, 0.717) is 18.0 Å². The predicted molar refractivity (Wildman–Crippen MR) is 179 cm³/mol. The molecule has 2 N–H and O–H groups in total. The standard InChI is InChI=1S/C33H41N7O4Si/c1-23(22-41)40(32(42)44-33(2,3)4)35-12-13-43-29-17-25(27-20-36-39(5)21-27)16-28(18-29)37-31-34-19-26-15-24(9-10-30(26)38-31)11-14-45(6,7)8/h9-10,15-23,35H,12-13H2,1-8H3,(H,34,37,38). The van der Waals surface area contributed by atoms with Gasteiger partial charge in [0.05, 0.1) is 11.7 Å². The molecule has 1 amide bonds. The van der Waals surface area contributed by atoms with E-state index in [9.17, 15) is 9.59 Å². The molecule has 12 heteroatoms. The first-order chi connectivity index (χ1) is 21.2. The molecule has 0 saturated heterocycles. The van der Waals surface area contributed by atoms with Crippen LogP contribution in [0.4, 0.5) is 16.4 Å². The first kappa shape index (κ1) is 33.2. The van der Waals surface area contributed by atoms with E-state index in [1.165, 1.54) is 5.01 Å². The van der Waals surface area contributed by atoms with Crippen molar-refractivity contribution in [2.75, 3.05) is 18.5 Å². The lowest BCUT2D eigenvalue weighted by Gasteiger charge is -2.29. The number of benzene rings is 2. The summed E-state index contributed by atoms with van der Waals surface area (Å²) in [6, 6.07) is 11.0. The van der Waals surface area contributed by atoms with Crippen molar-refractivity contribution in [3.8, 4) is 28.3 Å². The van der Waals surface area contributed by atoms with Crippen molar-refractivity contribution in [3.05, 3.63) is 60.6 Å². The number of carbonyl (C=O) groups excluding carboxylic acids is 2. The number of amides is 1. The zero-order chi connectivity index (χ0) is 32.8. The van der Waals surface area contributed by atoms with Gasteiger partial charge in [0.1, 0.15) is 38.4 Å². The molecule has 0 spiro atoms. The first-order valence-corrected chi connectivity index (χ1v) is 18.2. The maximum absolute atomic E-state index is 12.6. The van der Waals surface area contributed by atoms with Crippen molar-refractivity contribution < 1.29 is 19.1 Å². The van der Waals surface area contributed by atoms with Gasteiger partial charge in [0.2, 0.25) is 5.95 Å². The van der Waals surface area contributed by atoms with Gasteiger partial charge in [-0.05, 0) is 63.6 Å². The predicted octanol–water partition coefficient (Wildman–Crippen LogP) is 5.71. The Morgan fingerprint density at radius 3 is 2.58 bits per heavy atom. The molecule has 2 aromatic carbocycles. The Morgan fingerprint density at radius 1 is 1.13 bits per heavy atom. The maximum Gasteiger partial charge on any atom is 0.425 e. The average Bonchev–Trinajstić information content (AvgIpc) is 3.40. The monoisotopic (exact) mass is 627 g/mol. The summed E-state index contributed by atoms with van der Waals surface area (Å²) in [5.41, 5.74) is 9.91. The van der Waals surface area contributed by atoms with E-state index in [1.54, 1.807) is 44.8 Å². The van der Waals surface area contributed by atoms with Gasteiger partial charge in [0.15, 0.2) is 0 Å². The number of carbonyl (C=O) groups is 2. The summed E-state index contributed by atoms with van der Waals surface area (Å²) in [7, 11) is 0.375. The normalized spacial score (nSPS) is 12.2. The molecule has 4 rings (SSSR count). The molecule has 11 nitrogen and oxygen atoms in total. The van der Waals surface area contributed by atoms with Gasteiger partial charge in [0.25, 0.3) is 0 Å². The van der Waals surface area contributed by atoms with E-state index >= 15 is 0 Å². The fraction of sp³-hybridized carbons (Fsp3) is 0.364. The van der Waals surface area contributed by atoms with Crippen molar-refractivity contribution in [1.29, 1.82) is 0 Å². The van der Waals surface area contributed by atoms with E-state index < -0.39 is 25.8 Å². The zero-order valence-electron chi connectivity index (χ0n) is 27.1. The number of rotatable bonds is 10. The number of hydrogen-bond acceptors (Lipinski definition) is 9. The summed E-state index contributed by atoms with van der Waals surface area (Å²) in [6.45, 7) is 14.0. The van der Waals surface area contributed by atoms with Crippen LogP contribution in [0.3, 0.4) is 0 Å². The van der Waals surface area contributed by atoms with E-state index in [0.717, 1.165) is 33.3 Å². The summed E-state index contributed by atoms with van der Waals surface area (Å²) in [5.74, 6) is 4.31. The van der Waals surface area contributed by atoms with E-state index in [2.05, 4.69) is 51.9 Å². The van der Waals surface area contributed by atoms with Gasteiger partial charge in [-0.2, -0.15) is 5.10 Å². The Balaban J connectivity index is 1.51. The van der Waals surface area contributed by atoms with Crippen molar-refractivity contribution in [1.82, 2.24) is 30.2 Å². The highest BCUT2D eigenvalue weighted by molar-refractivity contribution is 6.83. The number of nitrogens with one attached hydrogen (secondary N) is 2. The number of aryl methyl sites for hydroxylation is 1. The molecule has 2 heterocycles. The number of nitrogens with zero attached hydrogens (tertiary/aromatic N) is 5. The quantitative estimate of drug-likeness (QED) is 0.0748. The van der Waals surface area contributed by atoms with Gasteiger partial charge in [-0.15, -0.1) is 5.54 Å². The van der Waals surface area contributed by atoms with Crippen molar-refractivity contribution in [3.63, 3.8) is 0 Å². The fourth-order valence-corrected chi connectivity index (χ4v) is 4.65. The van der Waals surface area contributed by atoms with Gasteiger partial charge in [-0.1, -0.05) is 25.6 Å². The van der Waals surface area contributed by atoms with Crippen LogP contribution in [0.15, 0.2) is 55.0 Å². The van der Waals surface area contributed by atoms with Crippen LogP contribution < -0.4 is 15.5 Å². The Morgan fingerprint density at radius 2 is 1.91 bits per heavy atom. The molecule has 0 fully saturated rings. The summed E-state index contributed by atoms with van der Waals surface area (Å²) in [6.07, 6.45) is 5.51. The Bertz CT molecular complexity index is 1730. The van der Waals surface area contributed by atoms with Crippen molar-refractivity contribution in [2.24, 2.45) is 7.05 Å². The molecule has 0 radical (unpaired) electrons. The molecule has 1 atom stereocenters. The highest BCUT2D eigenvalue weighted by Gasteiger charge is 2.25. The minimum atomic E-state index is -1.48. The molecule has 0 aliphatic carbocycles. The summed E-state index contributed by atoms with van der Waals surface area (Å²) < 4.78 is 13.2. The minimum Gasteiger partial charge on any atom is -0.492 e. The van der Waals surface area contributed by atoms with Crippen LogP contribution in [0.5, 0.6) is 5.75 Å². The Kier molecular flexibility index (Phi) is 10.3. The van der Waals surface area contributed by atoms with E-state index in [1.807, 2.05) is 49.6 Å². The molecule has 0 bridgehead atoms. The molecule has 4 aromatic rings. The van der Waals surface area contributed by atoms with Crippen LogP contribution in [0.2, 0.25) is 19.6 Å². The largest absolute Gasteiger partial charge is 0.492 e. The highest BCUT2D eigenvalue weighted by Crippen LogP contribution is 2.30.